The molecule has 0 fully saturated rings. The number of rotatable bonds is 5. The lowest BCUT2D eigenvalue weighted by atomic mass is 10.0. The van der Waals surface area contributed by atoms with Gasteiger partial charge in [-0.3, -0.25) is 0 Å². The highest BCUT2D eigenvalue weighted by atomic mass is 16.5. The topological polar surface area (TPSA) is 73.2 Å². The SMILES string of the molecule is Cc1ccc(O)c(Oc2ccccc2N(c2ccc(O)c(C)c2C)c2ccc(O)c(C)c2C)c1C. The lowest BCUT2D eigenvalue weighted by Gasteiger charge is -2.31. The number of aryl methyl sites for hydroxylation is 1. The maximum absolute atomic E-state index is 10.6. The van der Waals surface area contributed by atoms with Gasteiger partial charge in [0.15, 0.2) is 17.2 Å². The number of hydrogen-bond donors (Lipinski definition) is 3. The van der Waals surface area contributed by atoms with Crippen LogP contribution in [0.2, 0.25) is 0 Å². The molecule has 4 aromatic carbocycles. The number of benzene rings is 4. The molecule has 4 rings (SSSR count). The molecule has 0 saturated heterocycles. The van der Waals surface area contributed by atoms with Crippen LogP contribution >= 0.6 is 0 Å². The second-order valence-electron chi connectivity index (χ2n) is 8.97. The van der Waals surface area contributed by atoms with Crippen molar-refractivity contribution < 1.29 is 20.1 Å². The van der Waals surface area contributed by atoms with Crippen molar-refractivity contribution in [2.75, 3.05) is 4.90 Å². The molecule has 4 aromatic rings. The number of ether oxygens (including phenoxy) is 1. The van der Waals surface area contributed by atoms with E-state index in [9.17, 15) is 15.3 Å². The second kappa shape index (κ2) is 9.26. The summed E-state index contributed by atoms with van der Waals surface area (Å²) in [7, 11) is 0. The van der Waals surface area contributed by atoms with E-state index in [0.717, 1.165) is 50.4 Å². The summed E-state index contributed by atoms with van der Waals surface area (Å²) in [4.78, 5) is 2.07. The molecule has 0 aliphatic carbocycles. The molecule has 0 unspecified atom stereocenters. The molecule has 0 bridgehead atoms. The molecule has 0 saturated carbocycles. The maximum Gasteiger partial charge on any atom is 0.172 e. The minimum atomic E-state index is 0.0720. The Balaban J connectivity index is 1.99. The van der Waals surface area contributed by atoms with Crippen molar-refractivity contribution in [3.05, 3.63) is 94.0 Å². The van der Waals surface area contributed by atoms with Crippen molar-refractivity contribution in [2.45, 2.75) is 41.5 Å². The number of hydrogen-bond acceptors (Lipinski definition) is 5. The molecule has 0 aliphatic rings. The van der Waals surface area contributed by atoms with E-state index in [2.05, 4.69) is 4.90 Å². The van der Waals surface area contributed by atoms with Gasteiger partial charge in [0.05, 0.1) is 5.69 Å². The van der Waals surface area contributed by atoms with Crippen LogP contribution in [0.4, 0.5) is 17.1 Å². The van der Waals surface area contributed by atoms with Gasteiger partial charge in [0.25, 0.3) is 0 Å². The van der Waals surface area contributed by atoms with Crippen LogP contribution in [0.25, 0.3) is 0 Å². The van der Waals surface area contributed by atoms with E-state index in [0.29, 0.717) is 11.5 Å². The summed E-state index contributed by atoms with van der Waals surface area (Å²) in [6.07, 6.45) is 0. The Bertz CT molecular complexity index is 1370. The largest absolute Gasteiger partial charge is 0.508 e. The van der Waals surface area contributed by atoms with Crippen LogP contribution in [-0.2, 0) is 0 Å². The van der Waals surface area contributed by atoms with Gasteiger partial charge in [0.1, 0.15) is 11.5 Å². The van der Waals surface area contributed by atoms with Crippen molar-refractivity contribution in [1.82, 2.24) is 0 Å². The molecule has 0 radical (unpaired) electrons. The van der Waals surface area contributed by atoms with Crippen molar-refractivity contribution >= 4 is 17.1 Å². The number of para-hydroxylation sites is 2. The Kier molecular flexibility index (Phi) is 6.35. The Hall–Kier alpha value is -4.12. The van der Waals surface area contributed by atoms with Gasteiger partial charge in [-0.25, -0.2) is 0 Å². The summed E-state index contributed by atoms with van der Waals surface area (Å²) < 4.78 is 6.37. The first-order chi connectivity index (χ1) is 16.6. The first kappa shape index (κ1) is 24.0. The summed E-state index contributed by atoms with van der Waals surface area (Å²) >= 11 is 0. The molecule has 180 valence electrons. The summed E-state index contributed by atoms with van der Waals surface area (Å²) in [6.45, 7) is 11.6. The van der Waals surface area contributed by atoms with E-state index < -0.39 is 0 Å². The van der Waals surface area contributed by atoms with Gasteiger partial charge in [-0.2, -0.15) is 0 Å². The molecule has 0 amide bonds. The number of aromatic hydroxyl groups is 3. The Morgan fingerprint density at radius 2 is 1.03 bits per heavy atom. The molecular formula is C30H31NO4. The highest BCUT2D eigenvalue weighted by Gasteiger charge is 2.23. The normalized spacial score (nSPS) is 10.9. The van der Waals surface area contributed by atoms with Gasteiger partial charge in [0.2, 0.25) is 0 Å². The van der Waals surface area contributed by atoms with Crippen molar-refractivity contribution in [3.8, 4) is 28.7 Å². The fraction of sp³-hybridized carbons (Fsp3) is 0.200. The Morgan fingerprint density at radius 1 is 0.514 bits per heavy atom. The number of nitrogens with zero attached hydrogens (tertiary/aromatic N) is 1. The van der Waals surface area contributed by atoms with Gasteiger partial charge in [-0.15, -0.1) is 0 Å². The van der Waals surface area contributed by atoms with E-state index >= 15 is 0 Å². The molecule has 0 aromatic heterocycles. The second-order valence-corrected chi connectivity index (χ2v) is 8.97. The molecule has 0 aliphatic heterocycles. The third-order valence-electron chi connectivity index (χ3n) is 6.92. The van der Waals surface area contributed by atoms with Crippen LogP contribution in [0.5, 0.6) is 28.7 Å². The van der Waals surface area contributed by atoms with E-state index in [4.69, 9.17) is 4.74 Å². The minimum Gasteiger partial charge on any atom is -0.508 e. The van der Waals surface area contributed by atoms with Crippen LogP contribution < -0.4 is 9.64 Å². The first-order valence-corrected chi connectivity index (χ1v) is 11.6. The monoisotopic (exact) mass is 469 g/mol. The molecule has 35 heavy (non-hydrogen) atoms. The molecule has 0 atom stereocenters. The molecule has 3 N–H and O–H groups in total. The van der Waals surface area contributed by atoms with Gasteiger partial charge in [0, 0.05) is 11.4 Å². The van der Waals surface area contributed by atoms with E-state index in [1.54, 1.807) is 18.2 Å². The van der Waals surface area contributed by atoms with Gasteiger partial charge in [-0.1, -0.05) is 18.2 Å². The quantitative estimate of drug-likeness (QED) is 0.277. The Morgan fingerprint density at radius 3 is 1.60 bits per heavy atom. The summed E-state index contributed by atoms with van der Waals surface area (Å²) in [5.74, 6) is 1.51. The van der Waals surface area contributed by atoms with Crippen LogP contribution in [-0.4, -0.2) is 15.3 Å². The lowest BCUT2D eigenvalue weighted by Crippen LogP contribution is -2.14. The van der Waals surface area contributed by atoms with Crippen LogP contribution in [0.15, 0.2) is 60.7 Å². The zero-order valence-corrected chi connectivity index (χ0v) is 21.0. The fourth-order valence-corrected chi connectivity index (χ4v) is 4.20. The predicted octanol–water partition coefficient (Wildman–Crippen LogP) is 7.92. The summed E-state index contributed by atoms with van der Waals surface area (Å²) in [5, 5.41) is 31.2. The Labute approximate surface area is 206 Å². The molecule has 0 spiro atoms. The van der Waals surface area contributed by atoms with Crippen LogP contribution in [0.3, 0.4) is 0 Å². The van der Waals surface area contributed by atoms with Crippen LogP contribution in [0, 0.1) is 41.5 Å². The van der Waals surface area contributed by atoms with E-state index in [-0.39, 0.29) is 17.2 Å². The number of phenols is 3. The third kappa shape index (κ3) is 4.26. The highest BCUT2D eigenvalue weighted by molar-refractivity contribution is 5.85. The van der Waals surface area contributed by atoms with Crippen LogP contribution in [0.1, 0.15) is 33.4 Å². The summed E-state index contributed by atoms with van der Waals surface area (Å²) in [6, 6.07) is 18.3. The fourth-order valence-electron chi connectivity index (χ4n) is 4.20. The minimum absolute atomic E-state index is 0.0720. The van der Waals surface area contributed by atoms with Crippen molar-refractivity contribution in [3.63, 3.8) is 0 Å². The zero-order chi connectivity index (χ0) is 25.4. The molecule has 0 heterocycles. The predicted molar refractivity (Wildman–Crippen MR) is 141 cm³/mol. The maximum atomic E-state index is 10.6. The molecule has 5 nitrogen and oxygen atoms in total. The van der Waals surface area contributed by atoms with E-state index in [1.807, 2.05) is 84.0 Å². The average molecular weight is 470 g/mol. The zero-order valence-electron chi connectivity index (χ0n) is 21.0. The highest BCUT2D eigenvalue weighted by Crippen LogP contribution is 2.47. The standard InChI is InChI=1S/C30H31NO4/c1-17-11-14-28(34)30(18(17)2)35-29-10-8-7-9-25(29)31(23-12-15-26(32)21(5)19(23)3)24-13-16-27(33)22(6)20(24)4/h7-16,32-34H,1-6H3. The molecular weight excluding hydrogens is 438 g/mol. The molecule has 5 heteroatoms. The third-order valence-corrected chi connectivity index (χ3v) is 6.92. The average Bonchev–Trinajstić information content (AvgIpc) is 2.84. The smallest absolute Gasteiger partial charge is 0.172 e. The van der Waals surface area contributed by atoms with Gasteiger partial charge < -0.3 is 25.0 Å². The lowest BCUT2D eigenvalue weighted by molar-refractivity contribution is 0.409. The van der Waals surface area contributed by atoms with Gasteiger partial charge in [-0.05, 0) is 117 Å². The van der Waals surface area contributed by atoms with Gasteiger partial charge >= 0.3 is 0 Å². The van der Waals surface area contributed by atoms with Crippen molar-refractivity contribution in [2.24, 2.45) is 0 Å². The number of phenolic OH excluding ortho intramolecular Hbond substituents is 3. The summed E-state index contributed by atoms with van der Waals surface area (Å²) in [5.41, 5.74) is 7.77. The van der Waals surface area contributed by atoms with E-state index in [1.165, 1.54) is 0 Å². The number of anilines is 3. The first-order valence-electron chi connectivity index (χ1n) is 11.6. The van der Waals surface area contributed by atoms with Crippen molar-refractivity contribution in [1.29, 1.82) is 0 Å².